The van der Waals surface area contributed by atoms with E-state index in [0.29, 0.717) is 0 Å². The van der Waals surface area contributed by atoms with Crippen LogP contribution in [0.5, 0.6) is 0 Å². The van der Waals surface area contributed by atoms with Crippen molar-refractivity contribution < 1.29 is 0 Å². The summed E-state index contributed by atoms with van der Waals surface area (Å²) in [6, 6.07) is 10.3. The number of nitrogens with zero attached hydrogens (tertiary/aromatic N) is 1. The van der Waals surface area contributed by atoms with Gasteiger partial charge in [0.15, 0.2) is 0 Å². The Morgan fingerprint density at radius 3 is 2.27 bits per heavy atom. The van der Waals surface area contributed by atoms with E-state index < -0.39 is 0 Å². The number of allylic oxidation sites excluding steroid dienone is 1. The van der Waals surface area contributed by atoms with Gasteiger partial charge in [0.25, 0.3) is 0 Å². The van der Waals surface area contributed by atoms with Crippen LogP contribution in [-0.4, -0.2) is 5.71 Å². The van der Waals surface area contributed by atoms with E-state index in [4.69, 9.17) is 0 Å². The van der Waals surface area contributed by atoms with Crippen LogP contribution >= 0.6 is 0 Å². The average molecular weight is 203 g/mol. The van der Waals surface area contributed by atoms with Crippen LogP contribution in [0.25, 0.3) is 0 Å². The zero-order valence-corrected chi connectivity index (χ0v) is 10.2. The van der Waals surface area contributed by atoms with Gasteiger partial charge in [0.2, 0.25) is 0 Å². The summed E-state index contributed by atoms with van der Waals surface area (Å²) in [7, 11) is 0. The Hall–Kier alpha value is -1.37. The lowest BCUT2D eigenvalue weighted by atomic mass is 10.1. The van der Waals surface area contributed by atoms with Crippen LogP contribution in [0.3, 0.4) is 0 Å². The third kappa shape index (κ3) is 5.16. The third-order valence-corrected chi connectivity index (χ3v) is 1.82. The number of hydrogen-bond donors (Lipinski definition) is 0. The van der Waals surface area contributed by atoms with E-state index in [2.05, 4.69) is 24.0 Å². The first kappa shape index (κ1) is 13.6. The molecule has 15 heavy (non-hydrogen) atoms. The summed E-state index contributed by atoms with van der Waals surface area (Å²) in [5, 5.41) is 0. The second kappa shape index (κ2) is 9.20. The molecule has 0 fully saturated rings. The van der Waals surface area contributed by atoms with Crippen molar-refractivity contribution in [2.75, 3.05) is 0 Å². The van der Waals surface area contributed by atoms with Gasteiger partial charge in [-0.2, -0.15) is 0 Å². The lowest BCUT2D eigenvalue weighted by Crippen LogP contribution is -1.97. The van der Waals surface area contributed by atoms with Gasteiger partial charge in [0, 0.05) is 11.9 Å². The first-order valence-corrected chi connectivity index (χ1v) is 5.61. The van der Waals surface area contributed by atoms with Gasteiger partial charge >= 0.3 is 0 Å². The first-order chi connectivity index (χ1) is 7.38. The summed E-state index contributed by atoms with van der Waals surface area (Å²) >= 11 is 0. The molecule has 0 spiro atoms. The number of benzene rings is 1. The molecule has 1 nitrogen and oxygen atoms in total. The molecule has 1 aromatic rings. The Kier molecular flexibility index (Phi) is 8.36. The standard InChI is InChI=1S/C12H15N.C2H6/c1-3-10-13-12(4-2)11-8-6-5-7-9-11;1-2/h3,5-10H,4H2,1-2H3;1-2H3/b10-3-,13-12?;. The summed E-state index contributed by atoms with van der Waals surface area (Å²) in [5.41, 5.74) is 2.35. The van der Waals surface area contributed by atoms with Crippen molar-refractivity contribution >= 4 is 5.71 Å². The fraction of sp³-hybridized carbons (Fsp3) is 0.357. The van der Waals surface area contributed by atoms with E-state index >= 15 is 0 Å². The van der Waals surface area contributed by atoms with Crippen molar-refractivity contribution in [3.8, 4) is 0 Å². The van der Waals surface area contributed by atoms with Crippen LogP contribution in [0.15, 0.2) is 47.6 Å². The minimum atomic E-state index is 0.967. The molecule has 82 valence electrons. The van der Waals surface area contributed by atoms with E-state index in [0.717, 1.165) is 12.1 Å². The largest absolute Gasteiger partial charge is 0.261 e. The fourth-order valence-electron chi connectivity index (χ4n) is 1.16. The molecule has 0 heterocycles. The van der Waals surface area contributed by atoms with E-state index in [9.17, 15) is 0 Å². The maximum absolute atomic E-state index is 4.37. The Labute approximate surface area is 93.6 Å². The number of rotatable bonds is 3. The van der Waals surface area contributed by atoms with Crippen molar-refractivity contribution in [2.24, 2.45) is 4.99 Å². The molecule has 1 aromatic carbocycles. The molecule has 0 aliphatic carbocycles. The summed E-state index contributed by atoms with van der Waals surface area (Å²) in [5.74, 6) is 0. The predicted octanol–water partition coefficient (Wildman–Crippen LogP) is 4.45. The minimum absolute atomic E-state index is 0.967. The molecule has 0 N–H and O–H groups in total. The highest BCUT2D eigenvalue weighted by Crippen LogP contribution is 2.04. The summed E-state index contributed by atoms with van der Waals surface area (Å²) < 4.78 is 0. The monoisotopic (exact) mass is 203 g/mol. The minimum Gasteiger partial charge on any atom is -0.261 e. The molecule has 0 saturated heterocycles. The third-order valence-electron chi connectivity index (χ3n) is 1.82. The molecule has 0 amide bonds. The van der Waals surface area contributed by atoms with Crippen LogP contribution in [0.4, 0.5) is 0 Å². The number of hydrogen-bond acceptors (Lipinski definition) is 1. The quantitative estimate of drug-likeness (QED) is 0.644. The molecule has 0 saturated carbocycles. The van der Waals surface area contributed by atoms with Gasteiger partial charge in [0.05, 0.1) is 0 Å². The molecule has 0 atom stereocenters. The van der Waals surface area contributed by atoms with Crippen molar-refractivity contribution in [3.05, 3.63) is 48.2 Å². The summed E-state index contributed by atoms with van der Waals surface area (Å²) in [6.45, 7) is 8.09. The van der Waals surface area contributed by atoms with Gasteiger partial charge in [-0.25, -0.2) is 0 Å². The van der Waals surface area contributed by atoms with Gasteiger partial charge in [-0.1, -0.05) is 57.2 Å². The molecule has 0 radical (unpaired) electrons. The smallest absolute Gasteiger partial charge is 0.0472 e. The van der Waals surface area contributed by atoms with E-state index in [1.165, 1.54) is 5.56 Å². The zero-order valence-electron chi connectivity index (χ0n) is 10.2. The van der Waals surface area contributed by atoms with Crippen molar-refractivity contribution in [1.82, 2.24) is 0 Å². The fourth-order valence-corrected chi connectivity index (χ4v) is 1.16. The first-order valence-electron chi connectivity index (χ1n) is 5.61. The SMILES string of the molecule is C/C=C\N=C(CC)c1ccccc1.CC. The second-order valence-corrected chi connectivity index (χ2v) is 2.78. The van der Waals surface area contributed by atoms with Crippen LogP contribution in [0, 0.1) is 0 Å². The maximum Gasteiger partial charge on any atom is 0.0472 e. The Morgan fingerprint density at radius 1 is 1.20 bits per heavy atom. The molecular formula is C14H21N. The van der Waals surface area contributed by atoms with Gasteiger partial charge in [-0.15, -0.1) is 0 Å². The van der Waals surface area contributed by atoms with Crippen molar-refractivity contribution in [1.29, 1.82) is 0 Å². The normalized spacial score (nSPS) is 11.1. The van der Waals surface area contributed by atoms with Crippen LogP contribution < -0.4 is 0 Å². The molecule has 1 rings (SSSR count). The Morgan fingerprint density at radius 2 is 1.80 bits per heavy atom. The Bertz CT molecular complexity index is 296. The molecule has 1 heteroatoms. The van der Waals surface area contributed by atoms with Gasteiger partial charge in [-0.3, -0.25) is 4.99 Å². The topological polar surface area (TPSA) is 12.4 Å². The maximum atomic E-state index is 4.37. The highest BCUT2D eigenvalue weighted by molar-refractivity contribution is 6.00. The molecule has 0 aliphatic heterocycles. The van der Waals surface area contributed by atoms with Gasteiger partial charge in [-0.05, 0) is 18.9 Å². The summed E-state index contributed by atoms with van der Waals surface area (Å²) in [4.78, 5) is 4.37. The molecule has 0 aromatic heterocycles. The number of aliphatic imine (C=N–C) groups is 1. The van der Waals surface area contributed by atoms with Crippen molar-refractivity contribution in [3.63, 3.8) is 0 Å². The highest BCUT2D eigenvalue weighted by Gasteiger charge is 1.96. The molecule has 0 bridgehead atoms. The van der Waals surface area contributed by atoms with Crippen LogP contribution in [-0.2, 0) is 0 Å². The summed E-state index contributed by atoms with van der Waals surface area (Å²) in [6.07, 6.45) is 4.75. The second-order valence-electron chi connectivity index (χ2n) is 2.78. The molecule has 0 unspecified atom stereocenters. The van der Waals surface area contributed by atoms with E-state index in [1.807, 2.05) is 51.2 Å². The van der Waals surface area contributed by atoms with Gasteiger partial charge in [0.1, 0.15) is 0 Å². The van der Waals surface area contributed by atoms with E-state index in [1.54, 1.807) is 0 Å². The van der Waals surface area contributed by atoms with Crippen LogP contribution in [0.2, 0.25) is 0 Å². The lowest BCUT2D eigenvalue weighted by molar-refractivity contribution is 1.26. The highest BCUT2D eigenvalue weighted by atomic mass is 14.7. The van der Waals surface area contributed by atoms with Crippen LogP contribution in [0.1, 0.15) is 39.7 Å². The lowest BCUT2D eigenvalue weighted by Gasteiger charge is -2.00. The Balaban J connectivity index is 0.000000921. The van der Waals surface area contributed by atoms with Crippen molar-refractivity contribution in [2.45, 2.75) is 34.1 Å². The molecular weight excluding hydrogens is 182 g/mol. The van der Waals surface area contributed by atoms with E-state index in [-0.39, 0.29) is 0 Å². The zero-order chi connectivity index (χ0) is 11.5. The average Bonchev–Trinajstić information content (AvgIpc) is 2.34. The predicted molar refractivity (Wildman–Crippen MR) is 69.4 cm³/mol. The van der Waals surface area contributed by atoms with Gasteiger partial charge < -0.3 is 0 Å². The molecule has 0 aliphatic rings.